The highest BCUT2D eigenvalue weighted by molar-refractivity contribution is 6.30. The van der Waals surface area contributed by atoms with Crippen LogP contribution in [0.4, 0.5) is 5.69 Å². The van der Waals surface area contributed by atoms with Crippen LogP contribution in [0.1, 0.15) is 12.5 Å². The fourth-order valence-electron chi connectivity index (χ4n) is 0.944. The number of aliphatic carboxylic acids is 1. The Bertz CT molecular complexity index is 379. The number of carboxylic acids is 1. The molecule has 0 aromatic carbocycles. The number of halogens is 1. The number of aromatic nitrogens is 1. The molecular formula is C8H10ClN3O2. The Hall–Kier alpha value is -1.33. The van der Waals surface area contributed by atoms with Crippen molar-refractivity contribution in [1.82, 2.24) is 4.98 Å². The molecule has 0 amide bonds. The monoisotopic (exact) mass is 215 g/mol. The summed E-state index contributed by atoms with van der Waals surface area (Å²) in [6, 6.07) is 1.41. The van der Waals surface area contributed by atoms with Crippen molar-refractivity contribution in [3.8, 4) is 0 Å². The minimum absolute atomic E-state index is 0.0478. The van der Waals surface area contributed by atoms with Gasteiger partial charge >= 0.3 is 5.97 Å². The topological polar surface area (TPSA) is 102 Å². The highest BCUT2D eigenvalue weighted by atomic mass is 35.5. The van der Waals surface area contributed by atoms with Crippen LogP contribution in [-0.4, -0.2) is 16.1 Å². The van der Waals surface area contributed by atoms with E-state index in [-0.39, 0.29) is 10.7 Å². The van der Waals surface area contributed by atoms with Gasteiger partial charge in [0.15, 0.2) is 0 Å². The van der Waals surface area contributed by atoms with Gasteiger partial charge in [-0.3, -0.25) is 0 Å². The predicted molar refractivity (Wildman–Crippen MR) is 52.8 cm³/mol. The van der Waals surface area contributed by atoms with Gasteiger partial charge in [0.2, 0.25) is 0 Å². The largest absolute Gasteiger partial charge is 0.480 e. The normalized spacial score (nSPS) is 14.8. The molecule has 1 aromatic rings. The number of nitrogens with zero attached hydrogens (tertiary/aromatic N) is 1. The van der Waals surface area contributed by atoms with E-state index in [0.29, 0.717) is 5.69 Å². The van der Waals surface area contributed by atoms with Crippen molar-refractivity contribution in [3.05, 3.63) is 23.0 Å². The summed E-state index contributed by atoms with van der Waals surface area (Å²) in [4.78, 5) is 14.6. The summed E-state index contributed by atoms with van der Waals surface area (Å²) in [6.07, 6.45) is 1.34. The van der Waals surface area contributed by atoms with E-state index in [1.54, 1.807) is 0 Å². The number of nitrogen functional groups attached to an aromatic ring is 1. The van der Waals surface area contributed by atoms with E-state index in [1.165, 1.54) is 19.2 Å². The van der Waals surface area contributed by atoms with Crippen molar-refractivity contribution in [2.45, 2.75) is 12.5 Å². The highest BCUT2D eigenvalue weighted by Crippen LogP contribution is 2.26. The van der Waals surface area contributed by atoms with Crippen molar-refractivity contribution >= 4 is 23.3 Å². The first-order valence-electron chi connectivity index (χ1n) is 3.79. The third-order valence-corrected chi connectivity index (χ3v) is 2.17. The molecule has 0 aliphatic rings. The molecular weight excluding hydrogens is 206 g/mol. The van der Waals surface area contributed by atoms with Crippen LogP contribution in [0.3, 0.4) is 0 Å². The molecule has 6 heteroatoms. The van der Waals surface area contributed by atoms with E-state index in [1.807, 2.05) is 0 Å². The van der Waals surface area contributed by atoms with Crippen LogP contribution in [-0.2, 0) is 10.3 Å². The first-order chi connectivity index (χ1) is 6.35. The van der Waals surface area contributed by atoms with Crippen LogP contribution in [0, 0.1) is 0 Å². The van der Waals surface area contributed by atoms with Gasteiger partial charge in [0, 0.05) is 5.56 Å². The lowest BCUT2D eigenvalue weighted by atomic mass is 9.95. The third-order valence-electron chi connectivity index (χ3n) is 1.86. The summed E-state index contributed by atoms with van der Waals surface area (Å²) in [5, 5.41) is 8.91. The smallest absolute Gasteiger partial charge is 0.328 e. The number of hydrogen-bond acceptors (Lipinski definition) is 4. The Morgan fingerprint density at radius 1 is 1.71 bits per heavy atom. The molecule has 0 aliphatic carbocycles. The molecule has 1 unspecified atom stereocenters. The van der Waals surface area contributed by atoms with Crippen LogP contribution in [0.2, 0.25) is 5.15 Å². The van der Waals surface area contributed by atoms with E-state index in [9.17, 15) is 4.79 Å². The number of nitrogens with two attached hydrogens (primary N) is 2. The second-order valence-electron chi connectivity index (χ2n) is 3.11. The summed E-state index contributed by atoms with van der Waals surface area (Å²) >= 11 is 5.71. The van der Waals surface area contributed by atoms with Gasteiger partial charge in [0.25, 0.3) is 0 Å². The maximum absolute atomic E-state index is 10.8. The Morgan fingerprint density at radius 3 is 2.79 bits per heavy atom. The lowest BCUT2D eigenvalue weighted by molar-refractivity contribution is -0.143. The van der Waals surface area contributed by atoms with E-state index in [4.69, 9.17) is 28.2 Å². The molecule has 0 fully saturated rings. The van der Waals surface area contributed by atoms with E-state index < -0.39 is 11.5 Å². The first-order valence-corrected chi connectivity index (χ1v) is 4.17. The average molecular weight is 216 g/mol. The van der Waals surface area contributed by atoms with Gasteiger partial charge in [-0.05, 0) is 13.0 Å². The molecule has 5 N–H and O–H groups in total. The van der Waals surface area contributed by atoms with Crippen LogP contribution in [0.15, 0.2) is 12.3 Å². The molecule has 5 nitrogen and oxygen atoms in total. The van der Waals surface area contributed by atoms with E-state index >= 15 is 0 Å². The van der Waals surface area contributed by atoms with Crippen molar-refractivity contribution in [1.29, 1.82) is 0 Å². The average Bonchev–Trinajstić information content (AvgIpc) is 2.08. The molecule has 0 radical (unpaired) electrons. The molecule has 0 spiro atoms. The van der Waals surface area contributed by atoms with Gasteiger partial charge in [-0.15, -0.1) is 0 Å². The van der Waals surface area contributed by atoms with Crippen molar-refractivity contribution < 1.29 is 9.90 Å². The molecule has 1 atom stereocenters. The lowest BCUT2D eigenvalue weighted by Crippen LogP contribution is -2.42. The van der Waals surface area contributed by atoms with Crippen molar-refractivity contribution in [3.63, 3.8) is 0 Å². The van der Waals surface area contributed by atoms with Crippen molar-refractivity contribution in [2.75, 3.05) is 5.73 Å². The first kappa shape index (κ1) is 10.7. The summed E-state index contributed by atoms with van der Waals surface area (Å²) < 4.78 is 0. The maximum Gasteiger partial charge on any atom is 0.328 e. The number of carboxylic acid groups (broad SMARTS) is 1. The molecule has 14 heavy (non-hydrogen) atoms. The molecule has 0 aliphatic heterocycles. The highest BCUT2D eigenvalue weighted by Gasteiger charge is 2.33. The minimum Gasteiger partial charge on any atom is -0.480 e. The fourth-order valence-corrected chi connectivity index (χ4v) is 1.24. The Morgan fingerprint density at radius 2 is 2.29 bits per heavy atom. The summed E-state index contributed by atoms with van der Waals surface area (Å²) in [7, 11) is 0. The van der Waals surface area contributed by atoms with Gasteiger partial charge in [-0.1, -0.05) is 11.6 Å². The minimum atomic E-state index is -1.58. The van der Waals surface area contributed by atoms with E-state index in [0.717, 1.165) is 0 Å². The van der Waals surface area contributed by atoms with Gasteiger partial charge in [-0.25, -0.2) is 9.78 Å². The fraction of sp³-hybridized carbons (Fsp3) is 0.250. The van der Waals surface area contributed by atoms with Gasteiger partial charge in [0.05, 0.1) is 11.9 Å². The SMILES string of the molecule is CC(N)(C(=O)O)c1cc(N)cnc1Cl. The summed E-state index contributed by atoms with van der Waals surface area (Å²) in [6.45, 7) is 1.33. The lowest BCUT2D eigenvalue weighted by Gasteiger charge is -2.20. The van der Waals surface area contributed by atoms with E-state index in [2.05, 4.69) is 4.98 Å². The number of hydrogen-bond donors (Lipinski definition) is 3. The van der Waals surface area contributed by atoms with Crippen LogP contribution >= 0.6 is 11.6 Å². The number of carbonyl (C=O) groups is 1. The number of pyridine rings is 1. The maximum atomic E-state index is 10.8. The van der Waals surface area contributed by atoms with Crippen molar-refractivity contribution in [2.24, 2.45) is 5.73 Å². The molecule has 1 rings (SSSR count). The predicted octanol–water partition coefficient (Wildman–Crippen LogP) is 0.576. The quantitative estimate of drug-likeness (QED) is 0.626. The standard InChI is InChI=1S/C8H10ClN3O2/c1-8(11,7(13)14)5-2-4(10)3-12-6(5)9/h2-3H,10-11H2,1H3,(H,13,14). The summed E-state index contributed by atoms with van der Waals surface area (Å²) in [5.74, 6) is -1.19. The van der Waals surface area contributed by atoms with Crippen LogP contribution < -0.4 is 11.5 Å². The van der Waals surface area contributed by atoms with Gasteiger partial charge in [-0.2, -0.15) is 0 Å². The van der Waals surface area contributed by atoms with Gasteiger partial charge < -0.3 is 16.6 Å². The Labute approximate surface area is 85.7 Å². The molecule has 0 saturated heterocycles. The second kappa shape index (κ2) is 3.43. The zero-order valence-corrected chi connectivity index (χ0v) is 8.25. The summed E-state index contributed by atoms with van der Waals surface area (Å²) in [5.41, 5.74) is 9.96. The molecule has 1 aromatic heterocycles. The number of anilines is 1. The van der Waals surface area contributed by atoms with Crippen LogP contribution in [0.5, 0.6) is 0 Å². The number of rotatable bonds is 2. The Kier molecular flexibility index (Phi) is 2.64. The molecule has 1 heterocycles. The zero-order chi connectivity index (χ0) is 10.9. The third kappa shape index (κ3) is 1.78. The zero-order valence-electron chi connectivity index (χ0n) is 7.49. The Balaban J connectivity index is 3.31. The second-order valence-corrected chi connectivity index (χ2v) is 3.47. The molecule has 76 valence electrons. The molecule has 0 saturated carbocycles. The van der Waals surface area contributed by atoms with Gasteiger partial charge in [0.1, 0.15) is 10.7 Å². The van der Waals surface area contributed by atoms with Crippen LogP contribution in [0.25, 0.3) is 0 Å². The molecule has 0 bridgehead atoms.